The third-order valence-electron chi connectivity index (χ3n) is 3.46. The molecule has 3 nitrogen and oxygen atoms in total. The first-order chi connectivity index (χ1) is 7.49. The fourth-order valence-corrected chi connectivity index (χ4v) is 1.79. The maximum atomic E-state index is 12.1. The number of hydrogen-bond acceptors (Lipinski definition) is 2. The van der Waals surface area contributed by atoms with Crippen molar-refractivity contribution in [2.24, 2.45) is 11.1 Å². The molecule has 0 rings (SSSR count). The lowest BCUT2D eigenvalue weighted by molar-refractivity contribution is -0.135. The van der Waals surface area contributed by atoms with Crippen molar-refractivity contribution in [3.05, 3.63) is 0 Å². The number of nitrogens with zero attached hydrogens (tertiary/aromatic N) is 1. The van der Waals surface area contributed by atoms with Gasteiger partial charge in [-0.1, -0.05) is 27.7 Å². The van der Waals surface area contributed by atoms with Crippen molar-refractivity contribution in [3.63, 3.8) is 0 Å². The van der Waals surface area contributed by atoms with Crippen molar-refractivity contribution >= 4 is 5.91 Å². The summed E-state index contributed by atoms with van der Waals surface area (Å²) in [5.74, 6) is 0.147. The molecule has 0 aromatic heterocycles. The minimum absolute atomic E-state index is 0.0439. The Balaban J connectivity index is 4.36. The van der Waals surface area contributed by atoms with Crippen LogP contribution in [0.2, 0.25) is 0 Å². The highest BCUT2D eigenvalue weighted by atomic mass is 16.2. The molecule has 0 aromatic rings. The lowest BCUT2D eigenvalue weighted by Gasteiger charge is -2.36. The normalized spacial score (nSPS) is 14.6. The van der Waals surface area contributed by atoms with E-state index in [9.17, 15) is 4.79 Å². The molecule has 1 unspecified atom stereocenters. The van der Waals surface area contributed by atoms with Gasteiger partial charge in [0.05, 0.1) is 0 Å². The van der Waals surface area contributed by atoms with E-state index in [0.717, 1.165) is 12.8 Å². The SMILES string of the molecule is CCC(C)(C)N(C)C(=O)CC(N)CC(C)(C)C. The molecule has 0 aliphatic rings. The molecule has 0 saturated heterocycles. The molecule has 2 N–H and O–H groups in total. The van der Waals surface area contributed by atoms with Crippen LogP contribution in [0.25, 0.3) is 0 Å². The average Bonchev–Trinajstić information content (AvgIpc) is 2.13. The fraction of sp³-hybridized carbons (Fsp3) is 0.929. The third-order valence-corrected chi connectivity index (χ3v) is 3.46. The molecule has 0 spiro atoms. The Morgan fingerprint density at radius 3 is 2.06 bits per heavy atom. The van der Waals surface area contributed by atoms with Gasteiger partial charge in [-0.25, -0.2) is 0 Å². The highest BCUT2D eigenvalue weighted by molar-refractivity contribution is 5.77. The molecule has 102 valence electrons. The van der Waals surface area contributed by atoms with Gasteiger partial charge in [0, 0.05) is 25.0 Å². The molecule has 0 bridgehead atoms. The van der Waals surface area contributed by atoms with Crippen molar-refractivity contribution in [2.45, 2.75) is 72.4 Å². The van der Waals surface area contributed by atoms with Crippen LogP contribution in [0.15, 0.2) is 0 Å². The van der Waals surface area contributed by atoms with Crippen molar-refractivity contribution in [2.75, 3.05) is 7.05 Å². The second-order valence-corrected chi connectivity index (χ2v) is 6.85. The van der Waals surface area contributed by atoms with Crippen LogP contribution in [0.3, 0.4) is 0 Å². The second kappa shape index (κ2) is 5.85. The zero-order valence-corrected chi connectivity index (χ0v) is 12.6. The minimum Gasteiger partial charge on any atom is -0.341 e. The monoisotopic (exact) mass is 242 g/mol. The summed E-state index contributed by atoms with van der Waals surface area (Å²) < 4.78 is 0. The number of rotatable bonds is 5. The van der Waals surface area contributed by atoms with Crippen LogP contribution in [0.5, 0.6) is 0 Å². The van der Waals surface area contributed by atoms with E-state index in [4.69, 9.17) is 5.73 Å². The van der Waals surface area contributed by atoms with Crippen LogP contribution in [0.4, 0.5) is 0 Å². The quantitative estimate of drug-likeness (QED) is 0.806. The maximum absolute atomic E-state index is 12.1. The maximum Gasteiger partial charge on any atom is 0.224 e. The first-order valence-corrected chi connectivity index (χ1v) is 6.52. The molecule has 0 aliphatic heterocycles. The summed E-state index contributed by atoms with van der Waals surface area (Å²) in [6, 6.07) is -0.0439. The Bertz CT molecular complexity index is 253. The molecule has 1 atom stereocenters. The van der Waals surface area contributed by atoms with Crippen LogP contribution in [-0.4, -0.2) is 29.4 Å². The Labute approximate surface area is 107 Å². The lowest BCUT2D eigenvalue weighted by atomic mass is 9.87. The van der Waals surface area contributed by atoms with E-state index in [-0.39, 0.29) is 22.9 Å². The van der Waals surface area contributed by atoms with Gasteiger partial charge in [-0.15, -0.1) is 0 Å². The van der Waals surface area contributed by atoms with Crippen molar-refractivity contribution in [1.82, 2.24) is 4.90 Å². The number of carbonyl (C=O) groups excluding carboxylic acids is 1. The molecule has 17 heavy (non-hydrogen) atoms. The third kappa shape index (κ3) is 6.06. The number of amides is 1. The van der Waals surface area contributed by atoms with Crippen LogP contribution in [0.1, 0.15) is 60.8 Å². The van der Waals surface area contributed by atoms with Gasteiger partial charge in [0.1, 0.15) is 0 Å². The predicted octanol–water partition coefficient (Wildman–Crippen LogP) is 2.79. The van der Waals surface area contributed by atoms with E-state index in [2.05, 4.69) is 41.5 Å². The summed E-state index contributed by atoms with van der Waals surface area (Å²) in [6.07, 6.45) is 2.26. The van der Waals surface area contributed by atoms with Crippen LogP contribution in [0, 0.1) is 5.41 Å². The smallest absolute Gasteiger partial charge is 0.224 e. The van der Waals surface area contributed by atoms with E-state index < -0.39 is 0 Å². The molecule has 0 aliphatic carbocycles. The molecule has 3 heteroatoms. The van der Waals surface area contributed by atoms with Crippen LogP contribution >= 0.6 is 0 Å². The Hall–Kier alpha value is -0.570. The summed E-state index contributed by atoms with van der Waals surface area (Å²) in [7, 11) is 1.87. The predicted molar refractivity (Wildman–Crippen MR) is 73.8 cm³/mol. The van der Waals surface area contributed by atoms with Crippen LogP contribution < -0.4 is 5.73 Å². The molecule has 0 heterocycles. The van der Waals surface area contributed by atoms with Gasteiger partial charge in [-0.05, 0) is 32.1 Å². The van der Waals surface area contributed by atoms with Gasteiger partial charge in [-0.2, -0.15) is 0 Å². The van der Waals surface area contributed by atoms with Crippen molar-refractivity contribution in [3.8, 4) is 0 Å². The zero-order chi connectivity index (χ0) is 13.9. The first kappa shape index (κ1) is 16.4. The standard InChI is InChI=1S/C14H30N2O/c1-8-14(5,6)16(7)12(17)9-11(15)10-13(2,3)4/h11H,8-10,15H2,1-7H3. The summed E-state index contributed by atoms with van der Waals surface area (Å²) in [5.41, 5.74) is 6.13. The second-order valence-electron chi connectivity index (χ2n) is 6.85. The fourth-order valence-electron chi connectivity index (χ4n) is 1.79. The molecule has 0 radical (unpaired) electrons. The highest BCUT2D eigenvalue weighted by Gasteiger charge is 2.27. The lowest BCUT2D eigenvalue weighted by Crippen LogP contribution is -2.46. The van der Waals surface area contributed by atoms with E-state index in [0.29, 0.717) is 6.42 Å². The summed E-state index contributed by atoms with van der Waals surface area (Å²) >= 11 is 0. The largest absolute Gasteiger partial charge is 0.341 e. The summed E-state index contributed by atoms with van der Waals surface area (Å²) in [4.78, 5) is 13.9. The van der Waals surface area contributed by atoms with E-state index in [1.165, 1.54) is 0 Å². The Kier molecular flexibility index (Phi) is 5.66. The van der Waals surface area contributed by atoms with Crippen LogP contribution in [-0.2, 0) is 4.79 Å². The highest BCUT2D eigenvalue weighted by Crippen LogP contribution is 2.23. The molecule has 0 fully saturated rings. The van der Waals surface area contributed by atoms with Crippen molar-refractivity contribution < 1.29 is 4.79 Å². The summed E-state index contributed by atoms with van der Waals surface area (Å²) in [5, 5.41) is 0. The number of nitrogens with two attached hydrogens (primary N) is 1. The molecule has 0 saturated carbocycles. The Morgan fingerprint density at radius 1 is 1.24 bits per heavy atom. The van der Waals surface area contributed by atoms with Gasteiger partial charge in [-0.3, -0.25) is 4.79 Å². The Morgan fingerprint density at radius 2 is 1.71 bits per heavy atom. The topological polar surface area (TPSA) is 46.3 Å². The van der Waals surface area contributed by atoms with E-state index in [1.807, 2.05) is 11.9 Å². The first-order valence-electron chi connectivity index (χ1n) is 6.52. The molecule has 0 aromatic carbocycles. The van der Waals surface area contributed by atoms with E-state index >= 15 is 0 Å². The number of carbonyl (C=O) groups is 1. The van der Waals surface area contributed by atoms with E-state index in [1.54, 1.807) is 0 Å². The molecule has 1 amide bonds. The molecular weight excluding hydrogens is 212 g/mol. The van der Waals surface area contributed by atoms with Gasteiger partial charge >= 0.3 is 0 Å². The van der Waals surface area contributed by atoms with Gasteiger partial charge < -0.3 is 10.6 Å². The van der Waals surface area contributed by atoms with Gasteiger partial charge in [0.15, 0.2) is 0 Å². The average molecular weight is 242 g/mol. The number of hydrogen-bond donors (Lipinski definition) is 1. The summed E-state index contributed by atoms with van der Waals surface area (Å²) in [6.45, 7) is 12.7. The minimum atomic E-state index is -0.0848. The zero-order valence-electron chi connectivity index (χ0n) is 12.6. The van der Waals surface area contributed by atoms with Crippen molar-refractivity contribution in [1.29, 1.82) is 0 Å². The molecular formula is C14H30N2O. The van der Waals surface area contributed by atoms with Gasteiger partial charge in [0.25, 0.3) is 0 Å². The van der Waals surface area contributed by atoms with Gasteiger partial charge in [0.2, 0.25) is 5.91 Å².